The molecule has 0 unspecified atom stereocenters. The number of ether oxygens (including phenoxy) is 1. The molecule has 0 saturated carbocycles. The monoisotopic (exact) mass is 342 g/mol. The first-order chi connectivity index (χ1) is 11.5. The second kappa shape index (κ2) is 7.31. The molecule has 0 bridgehead atoms. The van der Waals surface area contributed by atoms with Crippen molar-refractivity contribution in [2.45, 2.75) is 50.4 Å². The van der Waals surface area contributed by atoms with Gasteiger partial charge in [-0.2, -0.15) is 13.2 Å². The third kappa shape index (κ3) is 4.22. The molecule has 1 fully saturated rings. The van der Waals surface area contributed by atoms with Crippen molar-refractivity contribution in [3.8, 4) is 5.75 Å². The third-order valence-electron chi connectivity index (χ3n) is 5.18. The number of methoxy groups -OCH3 is 1. The van der Waals surface area contributed by atoms with Crippen LogP contribution in [0, 0.1) is 0 Å². The number of likely N-dealkylation sites (tertiary alicyclic amines) is 1. The van der Waals surface area contributed by atoms with E-state index in [-0.39, 0.29) is 6.54 Å². The molecule has 2 aliphatic rings. The smallest absolute Gasteiger partial charge is 0.390 e. The van der Waals surface area contributed by atoms with E-state index in [1.807, 2.05) is 17.0 Å². The molecule has 3 rings (SSSR count). The second-order valence-corrected chi connectivity index (χ2v) is 6.77. The van der Waals surface area contributed by atoms with Crippen molar-refractivity contribution in [1.82, 2.24) is 10.2 Å². The van der Waals surface area contributed by atoms with Gasteiger partial charge in [0.15, 0.2) is 0 Å². The van der Waals surface area contributed by atoms with Crippen molar-refractivity contribution in [3.05, 3.63) is 29.3 Å². The summed E-state index contributed by atoms with van der Waals surface area (Å²) in [6.07, 6.45) is -0.866. The summed E-state index contributed by atoms with van der Waals surface area (Å²) >= 11 is 0. The fourth-order valence-corrected chi connectivity index (χ4v) is 3.88. The van der Waals surface area contributed by atoms with Gasteiger partial charge in [-0.25, -0.2) is 0 Å². The molecular weight excluding hydrogens is 317 g/mol. The van der Waals surface area contributed by atoms with Crippen LogP contribution in [-0.4, -0.2) is 43.9 Å². The van der Waals surface area contributed by atoms with Crippen molar-refractivity contribution >= 4 is 0 Å². The van der Waals surface area contributed by atoms with Gasteiger partial charge in [-0.1, -0.05) is 12.1 Å². The van der Waals surface area contributed by atoms with E-state index in [1.54, 1.807) is 7.11 Å². The van der Waals surface area contributed by atoms with Gasteiger partial charge in [0.1, 0.15) is 5.75 Å². The van der Waals surface area contributed by atoms with Crippen LogP contribution >= 0.6 is 0 Å². The molecule has 3 nitrogen and oxygen atoms in total. The van der Waals surface area contributed by atoms with Crippen LogP contribution in [0.25, 0.3) is 0 Å². The van der Waals surface area contributed by atoms with Crippen molar-refractivity contribution in [2.75, 3.05) is 26.7 Å². The Balaban J connectivity index is 1.50. The molecular formula is C18H25F3N2O. The summed E-state index contributed by atoms with van der Waals surface area (Å²) in [4.78, 5) is 1.93. The predicted molar refractivity (Wildman–Crippen MR) is 87.3 cm³/mol. The van der Waals surface area contributed by atoms with Crippen LogP contribution in [0.15, 0.2) is 18.2 Å². The molecule has 24 heavy (non-hydrogen) atoms. The Labute approximate surface area is 141 Å². The van der Waals surface area contributed by atoms with Crippen molar-refractivity contribution in [1.29, 1.82) is 0 Å². The van der Waals surface area contributed by atoms with E-state index < -0.39 is 12.6 Å². The number of hydrogen-bond donors (Lipinski definition) is 1. The summed E-state index contributed by atoms with van der Waals surface area (Å²) in [6.45, 7) is 1.61. The van der Waals surface area contributed by atoms with Gasteiger partial charge < -0.3 is 15.0 Å². The highest BCUT2D eigenvalue weighted by Gasteiger charge is 2.31. The van der Waals surface area contributed by atoms with E-state index in [9.17, 15) is 13.2 Å². The van der Waals surface area contributed by atoms with Crippen LogP contribution in [-0.2, 0) is 6.42 Å². The van der Waals surface area contributed by atoms with Crippen molar-refractivity contribution in [3.63, 3.8) is 0 Å². The first-order valence-electron chi connectivity index (χ1n) is 8.67. The molecule has 1 atom stereocenters. The van der Waals surface area contributed by atoms with Crippen molar-refractivity contribution < 1.29 is 17.9 Å². The molecule has 6 heteroatoms. The van der Waals surface area contributed by atoms with E-state index in [1.165, 1.54) is 11.1 Å². The Morgan fingerprint density at radius 2 is 1.96 bits per heavy atom. The van der Waals surface area contributed by atoms with Crippen molar-refractivity contribution in [2.24, 2.45) is 0 Å². The topological polar surface area (TPSA) is 24.5 Å². The van der Waals surface area contributed by atoms with Crippen LogP contribution in [0.5, 0.6) is 5.75 Å². The lowest BCUT2D eigenvalue weighted by atomic mass is 10.0. The number of nitrogens with one attached hydrogen (secondary N) is 1. The minimum absolute atomic E-state index is 0.125. The first kappa shape index (κ1) is 17.5. The quantitative estimate of drug-likeness (QED) is 0.883. The van der Waals surface area contributed by atoms with Gasteiger partial charge in [0.2, 0.25) is 0 Å². The van der Waals surface area contributed by atoms with Gasteiger partial charge in [0.05, 0.1) is 13.5 Å². The van der Waals surface area contributed by atoms with Crippen LogP contribution in [0.2, 0.25) is 0 Å². The minimum Gasteiger partial charge on any atom is -0.496 e. The number of rotatable bonds is 5. The number of piperidine rings is 1. The molecule has 0 radical (unpaired) electrons. The number of hydrogen-bond acceptors (Lipinski definition) is 3. The lowest BCUT2D eigenvalue weighted by Gasteiger charge is -2.34. The van der Waals surface area contributed by atoms with Gasteiger partial charge >= 0.3 is 6.18 Å². The molecule has 1 N–H and O–H groups in total. The fraction of sp³-hybridized carbons (Fsp3) is 0.667. The molecule has 0 spiro atoms. The molecule has 1 aliphatic heterocycles. The average molecular weight is 342 g/mol. The largest absolute Gasteiger partial charge is 0.496 e. The Hall–Kier alpha value is -1.27. The maximum Gasteiger partial charge on any atom is 0.390 e. The molecule has 1 heterocycles. The summed E-state index contributed by atoms with van der Waals surface area (Å²) in [6, 6.07) is 6.90. The maximum absolute atomic E-state index is 12.3. The highest BCUT2D eigenvalue weighted by Crippen LogP contribution is 2.37. The van der Waals surface area contributed by atoms with Gasteiger partial charge in [0.25, 0.3) is 0 Å². The normalized spacial score (nSPS) is 22.6. The van der Waals surface area contributed by atoms with Gasteiger partial charge in [0, 0.05) is 18.6 Å². The molecule has 0 amide bonds. The van der Waals surface area contributed by atoms with E-state index in [2.05, 4.69) is 11.4 Å². The lowest BCUT2D eigenvalue weighted by molar-refractivity contribution is -0.138. The zero-order chi connectivity index (χ0) is 17.2. The first-order valence-corrected chi connectivity index (χ1v) is 8.67. The van der Waals surface area contributed by atoms with Crippen LogP contribution in [0.3, 0.4) is 0 Å². The number of halogens is 3. The van der Waals surface area contributed by atoms with E-state index in [4.69, 9.17) is 4.74 Å². The van der Waals surface area contributed by atoms with E-state index in [0.29, 0.717) is 12.1 Å². The Morgan fingerprint density at radius 1 is 1.21 bits per heavy atom. The molecule has 1 aromatic rings. The number of benzene rings is 1. The summed E-state index contributed by atoms with van der Waals surface area (Å²) in [5.74, 6) is 0.957. The lowest BCUT2D eigenvalue weighted by Crippen LogP contribution is -2.44. The van der Waals surface area contributed by atoms with E-state index >= 15 is 0 Å². The average Bonchev–Trinajstić information content (AvgIpc) is 2.96. The minimum atomic E-state index is -4.05. The molecule has 1 saturated heterocycles. The summed E-state index contributed by atoms with van der Waals surface area (Å²) in [7, 11) is 1.70. The molecule has 1 aliphatic carbocycles. The number of nitrogens with zero attached hydrogens (tertiary/aromatic N) is 1. The van der Waals surface area contributed by atoms with Gasteiger partial charge in [-0.15, -0.1) is 0 Å². The summed E-state index contributed by atoms with van der Waals surface area (Å²) in [5.41, 5.74) is 2.61. The fourth-order valence-electron chi connectivity index (χ4n) is 3.88. The van der Waals surface area contributed by atoms with Crippen LogP contribution in [0.4, 0.5) is 13.2 Å². The zero-order valence-electron chi connectivity index (χ0n) is 14.0. The van der Waals surface area contributed by atoms with Crippen LogP contribution in [0.1, 0.15) is 42.9 Å². The highest BCUT2D eigenvalue weighted by atomic mass is 19.4. The molecule has 134 valence electrons. The summed E-state index contributed by atoms with van der Waals surface area (Å²) in [5, 5.41) is 3.71. The number of fused-ring (bicyclic) bond motifs is 1. The third-order valence-corrected chi connectivity index (χ3v) is 5.18. The SMILES string of the molecule is COc1cccc2c1CC[C@@H]2NC1CCN(CCC(F)(F)F)CC1. The second-order valence-electron chi connectivity index (χ2n) is 6.77. The highest BCUT2D eigenvalue weighted by molar-refractivity contribution is 5.45. The standard InChI is InChI=1S/C18H25F3N2O/c1-24-17-4-2-3-14-15(17)5-6-16(14)22-13-7-10-23(11-8-13)12-9-18(19,20)21/h2-4,13,16,22H,5-12H2,1H3/t16-/m0/s1. The zero-order valence-corrected chi connectivity index (χ0v) is 14.0. The maximum atomic E-state index is 12.3. The van der Waals surface area contributed by atoms with Gasteiger partial charge in [-0.3, -0.25) is 0 Å². The number of alkyl halides is 3. The predicted octanol–water partition coefficient (Wildman–Crippen LogP) is 3.69. The van der Waals surface area contributed by atoms with Crippen LogP contribution < -0.4 is 10.1 Å². The van der Waals surface area contributed by atoms with E-state index in [0.717, 1.165) is 44.5 Å². The molecule has 0 aromatic heterocycles. The van der Waals surface area contributed by atoms with Gasteiger partial charge in [-0.05, 0) is 56.0 Å². The Morgan fingerprint density at radius 3 is 2.62 bits per heavy atom. The molecule has 1 aromatic carbocycles. The Bertz CT molecular complexity index is 554. The Kier molecular flexibility index (Phi) is 5.35. The summed E-state index contributed by atoms with van der Waals surface area (Å²) < 4.78 is 42.4.